The lowest BCUT2D eigenvalue weighted by Crippen LogP contribution is -2.05. The zero-order chi connectivity index (χ0) is 14.3. The van der Waals surface area contributed by atoms with E-state index in [1.54, 1.807) is 0 Å². The molecule has 1 aliphatic heterocycles. The number of aliphatic hydroxyl groups excluding tert-OH is 1. The summed E-state index contributed by atoms with van der Waals surface area (Å²) < 4.78 is 5.69. The molecule has 2 unspecified atom stereocenters. The lowest BCUT2D eigenvalue weighted by molar-refractivity contribution is 0.219. The van der Waals surface area contributed by atoms with Gasteiger partial charge in [0.1, 0.15) is 18.0 Å². The first-order chi connectivity index (χ1) is 9.54. The summed E-state index contributed by atoms with van der Waals surface area (Å²) in [7, 11) is 0. The zero-order valence-electron chi connectivity index (χ0n) is 11.6. The summed E-state index contributed by atoms with van der Waals surface area (Å²) in [6, 6.07) is 11.5. The smallest absolute Gasteiger partial charge is 0.123 e. The average molecular weight is 289 g/mol. The summed E-state index contributed by atoms with van der Waals surface area (Å²) >= 11 is 6.03. The van der Waals surface area contributed by atoms with Gasteiger partial charge in [0.25, 0.3) is 0 Å². The molecule has 3 rings (SSSR count). The molecule has 0 radical (unpaired) electrons. The molecule has 0 spiro atoms. The van der Waals surface area contributed by atoms with Crippen LogP contribution in [0.4, 0.5) is 0 Å². The van der Waals surface area contributed by atoms with Crippen molar-refractivity contribution in [3.05, 3.63) is 63.7 Å². The Morgan fingerprint density at radius 1 is 1.25 bits per heavy atom. The van der Waals surface area contributed by atoms with Gasteiger partial charge in [0.2, 0.25) is 0 Å². The third-order valence-corrected chi connectivity index (χ3v) is 4.01. The van der Waals surface area contributed by atoms with E-state index in [1.165, 1.54) is 0 Å². The third-order valence-electron chi connectivity index (χ3n) is 3.77. The Morgan fingerprint density at radius 2 is 2.05 bits per heavy atom. The molecule has 3 heteroatoms. The fourth-order valence-corrected chi connectivity index (χ4v) is 2.88. The molecular formula is C17H17ClO2. The van der Waals surface area contributed by atoms with Crippen LogP contribution in [0.15, 0.2) is 36.4 Å². The molecule has 0 bridgehead atoms. The molecule has 1 aliphatic rings. The van der Waals surface area contributed by atoms with Crippen molar-refractivity contribution < 1.29 is 9.84 Å². The first-order valence-corrected chi connectivity index (χ1v) is 7.16. The molecular weight excluding hydrogens is 272 g/mol. The Morgan fingerprint density at radius 3 is 2.85 bits per heavy atom. The van der Waals surface area contributed by atoms with Crippen LogP contribution in [0.25, 0.3) is 0 Å². The minimum Gasteiger partial charge on any atom is -0.490 e. The van der Waals surface area contributed by atoms with Gasteiger partial charge in [0.05, 0.1) is 0 Å². The summed E-state index contributed by atoms with van der Waals surface area (Å²) in [4.78, 5) is 0. The lowest BCUT2D eigenvalue weighted by Gasteiger charge is -2.15. The molecule has 0 aromatic heterocycles. The van der Waals surface area contributed by atoms with Crippen molar-refractivity contribution in [2.45, 2.75) is 32.5 Å². The fraction of sp³-hybridized carbons (Fsp3) is 0.294. The monoisotopic (exact) mass is 288 g/mol. The van der Waals surface area contributed by atoms with E-state index < -0.39 is 6.10 Å². The van der Waals surface area contributed by atoms with E-state index in [4.69, 9.17) is 16.3 Å². The van der Waals surface area contributed by atoms with Crippen LogP contribution in [0.3, 0.4) is 0 Å². The van der Waals surface area contributed by atoms with E-state index in [0.29, 0.717) is 5.02 Å². The van der Waals surface area contributed by atoms with Gasteiger partial charge < -0.3 is 9.84 Å². The highest BCUT2D eigenvalue weighted by molar-refractivity contribution is 6.30. The van der Waals surface area contributed by atoms with E-state index in [9.17, 15) is 5.11 Å². The molecule has 2 aromatic rings. The molecule has 20 heavy (non-hydrogen) atoms. The van der Waals surface area contributed by atoms with Crippen LogP contribution < -0.4 is 4.74 Å². The molecule has 0 saturated heterocycles. The topological polar surface area (TPSA) is 29.5 Å². The lowest BCUT2D eigenvalue weighted by atomic mass is 9.95. The number of ether oxygens (including phenoxy) is 1. The number of rotatable bonds is 2. The maximum atomic E-state index is 10.6. The van der Waals surface area contributed by atoms with Crippen LogP contribution in [0.2, 0.25) is 5.02 Å². The minimum atomic E-state index is -0.657. The molecule has 2 atom stereocenters. The van der Waals surface area contributed by atoms with E-state index >= 15 is 0 Å². The van der Waals surface area contributed by atoms with E-state index in [1.807, 2.05) is 43.3 Å². The number of aryl methyl sites for hydroxylation is 1. The third kappa shape index (κ3) is 2.41. The summed E-state index contributed by atoms with van der Waals surface area (Å²) in [5.74, 6) is 0.927. The quantitative estimate of drug-likeness (QED) is 0.903. The van der Waals surface area contributed by atoms with Crippen LogP contribution in [-0.2, 0) is 6.42 Å². The second kappa shape index (κ2) is 5.12. The predicted octanol–water partition coefficient (Wildman–Crippen LogP) is 4.05. The Hall–Kier alpha value is -1.51. The van der Waals surface area contributed by atoms with Crippen molar-refractivity contribution in [2.75, 3.05) is 0 Å². The van der Waals surface area contributed by atoms with Gasteiger partial charge >= 0.3 is 0 Å². The Kier molecular flexibility index (Phi) is 3.45. The van der Waals surface area contributed by atoms with Crippen molar-refractivity contribution in [1.82, 2.24) is 0 Å². The standard InChI is InChI=1S/C17H17ClO2/c1-10-3-5-14(18)9-15(10)17(19)12-4-6-16-13(8-12)7-11(2)20-16/h3-6,8-9,11,17,19H,7H2,1-2H3. The Balaban J connectivity index is 1.97. The van der Waals surface area contributed by atoms with Crippen LogP contribution >= 0.6 is 11.6 Å². The molecule has 0 amide bonds. The minimum absolute atomic E-state index is 0.213. The van der Waals surface area contributed by atoms with Crippen LogP contribution in [0.5, 0.6) is 5.75 Å². The van der Waals surface area contributed by atoms with Crippen molar-refractivity contribution in [3.63, 3.8) is 0 Å². The molecule has 1 heterocycles. The van der Waals surface area contributed by atoms with Gasteiger partial charge in [0, 0.05) is 11.4 Å². The van der Waals surface area contributed by atoms with Gasteiger partial charge in [0.15, 0.2) is 0 Å². The number of aliphatic hydroxyl groups is 1. The van der Waals surface area contributed by atoms with Gasteiger partial charge in [-0.2, -0.15) is 0 Å². The second-order valence-electron chi connectivity index (χ2n) is 5.40. The fourth-order valence-electron chi connectivity index (χ4n) is 2.70. The van der Waals surface area contributed by atoms with E-state index in [-0.39, 0.29) is 6.10 Å². The van der Waals surface area contributed by atoms with Gasteiger partial charge in [-0.1, -0.05) is 23.7 Å². The largest absolute Gasteiger partial charge is 0.490 e. The first-order valence-electron chi connectivity index (χ1n) is 6.78. The van der Waals surface area contributed by atoms with Gasteiger partial charge in [-0.3, -0.25) is 0 Å². The van der Waals surface area contributed by atoms with Crippen LogP contribution in [-0.4, -0.2) is 11.2 Å². The van der Waals surface area contributed by atoms with Crippen LogP contribution in [0, 0.1) is 6.92 Å². The Labute approximate surface area is 124 Å². The number of hydrogen-bond acceptors (Lipinski definition) is 2. The normalized spacial score (nSPS) is 18.5. The van der Waals surface area contributed by atoms with E-state index in [2.05, 4.69) is 6.92 Å². The number of hydrogen-bond donors (Lipinski definition) is 1. The zero-order valence-corrected chi connectivity index (χ0v) is 12.3. The summed E-state index contributed by atoms with van der Waals surface area (Å²) in [5.41, 5.74) is 3.93. The maximum absolute atomic E-state index is 10.6. The number of halogens is 1. The number of benzene rings is 2. The molecule has 1 N–H and O–H groups in total. The molecule has 2 nitrogen and oxygen atoms in total. The molecule has 0 saturated carbocycles. The molecule has 0 fully saturated rings. The summed E-state index contributed by atoms with van der Waals surface area (Å²) in [6.45, 7) is 4.03. The van der Waals surface area contributed by atoms with Crippen LogP contribution in [0.1, 0.15) is 35.3 Å². The molecule has 2 aromatic carbocycles. The maximum Gasteiger partial charge on any atom is 0.123 e. The van der Waals surface area contributed by atoms with E-state index in [0.717, 1.165) is 34.4 Å². The second-order valence-corrected chi connectivity index (χ2v) is 5.84. The summed E-state index contributed by atoms with van der Waals surface area (Å²) in [5, 5.41) is 11.2. The van der Waals surface area contributed by atoms with Gasteiger partial charge in [-0.25, -0.2) is 0 Å². The predicted molar refractivity (Wildman–Crippen MR) is 80.5 cm³/mol. The highest BCUT2D eigenvalue weighted by Gasteiger charge is 2.21. The summed E-state index contributed by atoms with van der Waals surface area (Å²) in [6.07, 6.45) is 0.449. The highest BCUT2D eigenvalue weighted by Crippen LogP contribution is 2.34. The van der Waals surface area contributed by atoms with Gasteiger partial charge in [-0.15, -0.1) is 0 Å². The molecule has 0 aliphatic carbocycles. The van der Waals surface area contributed by atoms with Crippen molar-refractivity contribution in [1.29, 1.82) is 0 Å². The van der Waals surface area contributed by atoms with Crippen molar-refractivity contribution in [3.8, 4) is 5.75 Å². The highest BCUT2D eigenvalue weighted by atomic mass is 35.5. The SMILES string of the molecule is Cc1ccc(Cl)cc1C(O)c1ccc2c(c1)CC(C)O2. The number of fused-ring (bicyclic) bond motifs is 1. The van der Waals surface area contributed by atoms with Crippen molar-refractivity contribution >= 4 is 11.6 Å². The Bertz CT molecular complexity index is 651. The van der Waals surface area contributed by atoms with Gasteiger partial charge in [-0.05, 0) is 60.4 Å². The molecule has 104 valence electrons. The first kappa shape index (κ1) is 13.5. The van der Waals surface area contributed by atoms with Crippen molar-refractivity contribution in [2.24, 2.45) is 0 Å². The average Bonchev–Trinajstić information content (AvgIpc) is 2.79.